The smallest absolute Gasteiger partial charge is 0.227 e. The lowest BCUT2D eigenvalue weighted by Gasteiger charge is -2.15. The van der Waals surface area contributed by atoms with Crippen LogP contribution in [0.1, 0.15) is 37.3 Å². The molecule has 0 saturated carbocycles. The summed E-state index contributed by atoms with van der Waals surface area (Å²) >= 11 is 5.41. The number of carbonyl (C=O) groups is 1. The van der Waals surface area contributed by atoms with E-state index in [0.29, 0.717) is 46.3 Å². The third-order valence-corrected chi connectivity index (χ3v) is 4.43. The monoisotopic (exact) mass is 372 g/mol. The van der Waals surface area contributed by atoms with Gasteiger partial charge in [-0.15, -0.1) is 0 Å². The summed E-state index contributed by atoms with van der Waals surface area (Å²) in [6, 6.07) is 8.24. The Balaban J connectivity index is 1.87. The first-order valence-corrected chi connectivity index (χ1v) is 8.70. The van der Waals surface area contributed by atoms with E-state index in [1.54, 1.807) is 24.3 Å². The standard InChI is InChI=1S/C19H20N2O4S/c1-10(2)12-8-13(16(23)9-15(12)22)19(26)20-11-3-4-17-14(7-11)21-18(24)5-6-25-17/h3-4,7-10,22-23H,5-6H2,1-2H3,(H,20,26)(H,21,24). The van der Waals surface area contributed by atoms with Crippen molar-refractivity contribution in [1.29, 1.82) is 0 Å². The van der Waals surface area contributed by atoms with Crippen LogP contribution in [0.5, 0.6) is 17.2 Å². The van der Waals surface area contributed by atoms with Crippen molar-refractivity contribution < 1.29 is 19.7 Å². The van der Waals surface area contributed by atoms with Crippen molar-refractivity contribution in [3.05, 3.63) is 41.5 Å². The molecule has 0 fully saturated rings. The van der Waals surface area contributed by atoms with Crippen molar-refractivity contribution in [2.75, 3.05) is 17.2 Å². The van der Waals surface area contributed by atoms with Gasteiger partial charge in [0.1, 0.15) is 22.2 Å². The highest BCUT2D eigenvalue weighted by atomic mass is 32.1. The molecule has 1 aliphatic rings. The number of hydrogen-bond donors (Lipinski definition) is 4. The fraction of sp³-hybridized carbons (Fsp3) is 0.263. The van der Waals surface area contributed by atoms with Crippen LogP contribution in [0.15, 0.2) is 30.3 Å². The van der Waals surface area contributed by atoms with E-state index in [0.717, 1.165) is 0 Å². The van der Waals surface area contributed by atoms with Gasteiger partial charge < -0.3 is 25.6 Å². The summed E-state index contributed by atoms with van der Waals surface area (Å²) in [7, 11) is 0. The van der Waals surface area contributed by atoms with Gasteiger partial charge in [0.2, 0.25) is 5.91 Å². The minimum absolute atomic E-state index is 0.0361. The third-order valence-electron chi connectivity index (χ3n) is 4.11. The number of thiocarbonyl (C=S) groups is 1. The number of aromatic hydroxyl groups is 2. The van der Waals surface area contributed by atoms with Crippen LogP contribution < -0.4 is 15.4 Å². The molecule has 26 heavy (non-hydrogen) atoms. The number of amides is 1. The number of anilines is 2. The summed E-state index contributed by atoms with van der Waals surface area (Å²) in [6.45, 7) is 4.23. The van der Waals surface area contributed by atoms with E-state index in [-0.39, 0.29) is 23.3 Å². The Bertz CT molecular complexity index is 880. The van der Waals surface area contributed by atoms with Gasteiger partial charge in [0.25, 0.3) is 0 Å². The summed E-state index contributed by atoms with van der Waals surface area (Å²) in [6.07, 6.45) is 0.301. The molecule has 0 bridgehead atoms. The molecule has 0 aliphatic carbocycles. The van der Waals surface area contributed by atoms with Crippen molar-refractivity contribution >= 4 is 34.5 Å². The molecule has 1 heterocycles. The number of rotatable bonds is 3. The van der Waals surface area contributed by atoms with Gasteiger partial charge in [-0.05, 0) is 35.7 Å². The van der Waals surface area contributed by atoms with Gasteiger partial charge in [0, 0.05) is 11.8 Å². The van der Waals surface area contributed by atoms with E-state index in [9.17, 15) is 15.0 Å². The van der Waals surface area contributed by atoms with Crippen LogP contribution in [0, 0.1) is 0 Å². The van der Waals surface area contributed by atoms with Crippen LogP contribution in [-0.2, 0) is 4.79 Å². The van der Waals surface area contributed by atoms with E-state index < -0.39 is 0 Å². The summed E-state index contributed by atoms with van der Waals surface area (Å²) in [5, 5.41) is 26.0. The minimum Gasteiger partial charge on any atom is -0.508 e. The van der Waals surface area contributed by atoms with Crippen molar-refractivity contribution in [3.8, 4) is 17.2 Å². The van der Waals surface area contributed by atoms with Crippen LogP contribution in [0.2, 0.25) is 0 Å². The Labute approximate surface area is 156 Å². The molecule has 0 radical (unpaired) electrons. The van der Waals surface area contributed by atoms with Crippen LogP contribution in [0.3, 0.4) is 0 Å². The van der Waals surface area contributed by atoms with E-state index in [2.05, 4.69) is 10.6 Å². The SMILES string of the molecule is CC(C)c1cc(C(=S)Nc2ccc3c(c2)NC(=O)CCO3)c(O)cc1O. The second kappa shape index (κ2) is 7.21. The molecule has 1 amide bonds. The lowest BCUT2D eigenvalue weighted by Crippen LogP contribution is -2.13. The molecule has 3 rings (SSSR count). The zero-order chi connectivity index (χ0) is 18.8. The number of phenolic OH excluding ortho intramolecular Hbond substituents is 2. The highest BCUT2D eigenvalue weighted by molar-refractivity contribution is 7.81. The highest BCUT2D eigenvalue weighted by Crippen LogP contribution is 2.34. The van der Waals surface area contributed by atoms with Crippen LogP contribution in [0.25, 0.3) is 0 Å². The average molecular weight is 372 g/mol. The lowest BCUT2D eigenvalue weighted by molar-refractivity contribution is -0.116. The molecular weight excluding hydrogens is 352 g/mol. The fourth-order valence-corrected chi connectivity index (χ4v) is 3.02. The Morgan fingerprint density at radius 3 is 2.73 bits per heavy atom. The summed E-state index contributed by atoms with van der Waals surface area (Å²) in [5.41, 5.74) is 2.34. The van der Waals surface area contributed by atoms with Gasteiger partial charge in [-0.1, -0.05) is 26.1 Å². The zero-order valence-corrected chi connectivity index (χ0v) is 15.3. The number of hydrogen-bond acceptors (Lipinski definition) is 5. The molecule has 4 N–H and O–H groups in total. The van der Waals surface area contributed by atoms with Gasteiger partial charge in [-0.25, -0.2) is 0 Å². The molecule has 1 aliphatic heterocycles. The van der Waals surface area contributed by atoms with Crippen LogP contribution >= 0.6 is 12.2 Å². The summed E-state index contributed by atoms with van der Waals surface area (Å²) in [5.74, 6) is 0.505. The molecule has 0 aromatic heterocycles. The molecular formula is C19H20N2O4S. The molecule has 2 aromatic carbocycles. The van der Waals surface area contributed by atoms with Crippen molar-refractivity contribution in [2.45, 2.75) is 26.2 Å². The molecule has 0 unspecified atom stereocenters. The molecule has 0 atom stereocenters. The molecule has 7 heteroatoms. The number of fused-ring (bicyclic) bond motifs is 1. The second-order valence-corrected chi connectivity index (χ2v) is 6.80. The number of carbonyl (C=O) groups excluding carboxylic acids is 1. The number of ether oxygens (including phenoxy) is 1. The highest BCUT2D eigenvalue weighted by Gasteiger charge is 2.17. The molecule has 0 spiro atoms. The first-order valence-electron chi connectivity index (χ1n) is 8.29. The Hall–Kier alpha value is -2.80. The molecule has 6 nitrogen and oxygen atoms in total. The zero-order valence-electron chi connectivity index (χ0n) is 14.5. The van der Waals surface area contributed by atoms with Gasteiger partial charge in [0.15, 0.2) is 0 Å². The van der Waals surface area contributed by atoms with Crippen LogP contribution in [-0.4, -0.2) is 27.7 Å². The predicted molar refractivity (Wildman–Crippen MR) is 104 cm³/mol. The lowest BCUT2D eigenvalue weighted by atomic mass is 9.99. The van der Waals surface area contributed by atoms with E-state index in [4.69, 9.17) is 17.0 Å². The van der Waals surface area contributed by atoms with Crippen molar-refractivity contribution in [1.82, 2.24) is 0 Å². The fourth-order valence-electron chi connectivity index (χ4n) is 2.73. The number of benzene rings is 2. The Kier molecular flexibility index (Phi) is 4.99. The Morgan fingerprint density at radius 1 is 1.23 bits per heavy atom. The topological polar surface area (TPSA) is 90.8 Å². The minimum atomic E-state index is -0.110. The summed E-state index contributed by atoms with van der Waals surface area (Å²) in [4.78, 5) is 12.0. The van der Waals surface area contributed by atoms with Gasteiger partial charge in [-0.3, -0.25) is 4.79 Å². The third kappa shape index (κ3) is 3.72. The Morgan fingerprint density at radius 2 is 2.00 bits per heavy atom. The number of nitrogens with one attached hydrogen (secondary N) is 2. The van der Waals surface area contributed by atoms with Gasteiger partial charge in [0.05, 0.1) is 24.3 Å². The maximum atomic E-state index is 11.7. The van der Waals surface area contributed by atoms with E-state index in [1.807, 2.05) is 13.8 Å². The maximum absolute atomic E-state index is 11.7. The van der Waals surface area contributed by atoms with E-state index in [1.165, 1.54) is 6.07 Å². The van der Waals surface area contributed by atoms with Gasteiger partial charge >= 0.3 is 0 Å². The quantitative estimate of drug-likeness (QED) is 0.614. The first-order chi connectivity index (χ1) is 12.3. The average Bonchev–Trinajstić information content (AvgIpc) is 2.74. The molecule has 136 valence electrons. The van der Waals surface area contributed by atoms with E-state index >= 15 is 0 Å². The normalized spacial score (nSPS) is 13.4. The summed E-state index contributed by atoms with van der Waals surface area (Å²) < 4.78 is 5.53. The van der Waals surface area contributed by atoms with Crippen molar-refractivity contribution in [3.63, 3.8) is 0 Å². The number of phenols is 2. The molecule has 2 aromatic rings. The largest absolute Gasteiger partial charge is 0.508 e. The second-order valence-electron chi connectivity index (χ2n) is 6.39. The van der Waals surface area contributed by atoms with Crippen LogP contribution in [0.4, 0.5) is 11.4 Å². The maximum Gasteiger partial charge on any atom is 0.227 e. The molecule has 0 saturated heterocycles. The predicted octanol–water partition coefficient (Wildman–Crippen LogP) is 3.73. The van der Waals surface area contributed by atoms with Crippen molar-refractivity contribution in [2.24, 2.45) is 0 Å². The van der Waals surface area contributed by atoms with Gasteiger partial charge in [-0.2, -0.15) is 0 Å². The first kappa shape index (κ1) is 18.0.